The van der Waals surface area contributed by atoms with Gasteiger partial charge in [0.1, 0.15) is 0 Å². The van der Waals surface area contributed by atoms with E-state index in [9.17, 15) is 14.4 Å². The van der Waals surface area contributed by atoms with Crippen LogP contribution >= 0.6 is 0 Å². The Kier molecular flexibility index (Phi) is 7.31. The highest BCUT2D eigenvalue weighted by Gasteiger charge is 2.62. The van der Waals surface area contributed by atoms with Gasteiger partial charge in [-0.3, -0.25) is 19.1 Å². The van der Waals surface area contributed by atoms with Crippen molar-refractivity contribution >= 4 is 17.7 Å². The lowest BCUT2D eigenvalue weighted by Gasteiger charge is -2.51. The topological polar surface area (TPSA) is 88.0 Å². The van der Waals surface area contributed by atoms with Crippen LogP contribution < -0.4 is 0 Å². The van der Waals surface area contributed by atoms with Crippen LogP contribution in [0, 0.1) is 22.7 Å². The van der Waals surface area contributed by atoms with Crippen LogP contribution in [-0.4, -0.2) is 94.2 Å². The predicted octanol–water partition coefficient (Wildman–Crippen LogP) is 3.35. The van der Waals surface area contributed by atoms with E-state index in [1.807, 2.05) is 63.2 Å². The van der Waals surface area contributed by atoms with Gasteiger partial charge < -0.3 is 19.4 Å². The van der Waals surface area contributed by atoms with Crippen molar-refractivity contribution in [2.45, 2.75) is 39.3 Å². The summed E-state index contributed by atoms with van der Waals surface area (Å²) in [4.78, 5) is 47.0. The second-order valence-corrected chi connectivity index (χ2v) is 13.9. The smallest absolute Gasteiger partial charge is 0.257 e. The Bertz CT molecular complexity index is 1530. The van der Waals surface area contributed by atoms with Gasteiger partial charge in [0.15, 0.2) is 0 Å². The van der Waals surface area contributed by atoms with E-state index < -0.39 is 5.41 Å². The van der Waals surface area contributed by atoms with Gasteiger partial charge in [0, 0.05) is 63.2 Å². The van der Waals surface area contributed by atoms with Gasteiger partial charge in [-0.1, -0.05) is 74.5 Å². The SMILES string of the molecule is CC1(C)C[C@@H]1C(=O)N1CC2(CN(C(=O)c3cnn(Cc4ccccc4)c3)C[C@H]2C(=O)N2CCO[C@H](Cc3ccccc3)C2)C1. The first-order chi connectivity index (χ1) is 21.2. The molecule has 1 aromatic heterocycles. The van der Waals surface area contributed by atoms with E-state index in [-0.39, 0.29) is 41.1 Å². The Morgan fingerprint density at radius 1 is 0.841 bits per heavy atom. The summed E-state index contributed by atoms with van der Waals surface area (Å²) in [5.74, 6) is -0.163. The molecule has 3 aliphatic heterocycles. The third-order valence-electron chi connectivity index (χ3n) is 10.2. The number of nitrogens with zero attached hydrogens (tertiary/aromatic N) is 5. The monoisotopic (exact) mass is 595 g/mol. The van der Waals surface area contributed by atoms with E-state index in [0.29, 0.717) is 58.0 Å². The van der Waals surface area contributed by atoms with E-state index >= 15 is 0 Å². The number of benzene rings is 2. The van der Waals surface area contributed by atoms with Crippen LogP contribution in [0.5, 0.6) is 0 Å². The van der Waals surface area contributed by atoms with Crippen molar-refractivity contribution in [2.75, 3.05) is 45.9 Å². The van der Waals surface area contributed by atoms with Crippen molar-refractivity contribution in [1.29, 1.82) is 0 Å². The minimum atomic E-state index is -0.436. The average molecular weight is 596 g/mol. The summed E-state index contributed by atoms with van der Waals surface area (Å²) in [5, 5.41) is 4.45. The van der Waals surface area contributed by atoms with Crippen LogP contribution in [-0.2, 0) is 27.3 Å². The molecule has 1 spiro atoms. The minimum absolute atomic E-state index is 0.0498. The Morgan fingerprint density at radius 2 is 1.48 bits per heavy atom. The Morgan fingerprint density at radius 3 is 2.16 bits per heavy atom. The highest BCUT2D eigenvalue weighted by Crippen LogP contribution is 2.54. The van der Waals surface area contributed by atoms with E-state index in [1.54, 1.807) is 17.1 Å². The molecule has 2 aromatic carbocycles. The van der Waals surface area contributed by atoms with E-state index in [1.165, 1.54) is 5.56 Å². The number of ether oxygens (including phenoxy) is 1. The zero-order valence-electron chi connectivity index (χ0n) is 25.6. The molecule has 9 nitrogen and oxygen atoms in total. The fourth-order valence-electron chi connectivity index (χ4n) is 7.42. The fraction of sp³-hybridized carbons (Fsp3) is 0.486. The van der Waals surface area contributed by atoms with Crippen LogP contribution in [0.4, 0.5) is 0 Å². The zero-order chi connectivity index (χ0) is 30.5. The molecule has 0 radical (unpaired) electrons. The van der Waals surface area contributed by atoms with Gasteiger partial charge in [-0.05, 0) is 23.0 Å². The molecule has 3 amide bonds. The second kappa shape index (κ2) is 11.2. The molecule has 3 saturated heterocycles. The lowest BCUT2D eigenvalue weighted by atomic mass is 9.70. The molecular formula is C35H41N5O4. The number of carbonyl (C=O) groups excluding carboxylic acids is 3. The Balaban J connectivity index is 1.07. The predicted molar refractivity (Wildman–Crippen MR) is 165 cm³/mol. The Hall–Kier alpha value is -3.98. The summed E-state index contributed by atoms with van der Waals surface area (Å²) in [5.41, 5.74) is 2.42. The number of rotatable bonds is 7. The van der Waals surface area contributed by atoms with Gasteiger partial charge in [-0.2, -0.15) is 5.10 Å². The standard InChI is InChI=1S/C35H41N5O4/c1-34(2)16-29(34)32(42)39-23-35(24-39)22-38(31(41)27-17-36-40(19-27)18-26-11-7-4-8-12-26)21-30(35)33(43)37-13-14-44-28(20-37)15-25-9-5-3-6-10-25/h3-12,17,19,28-30H,13-16,18,20-24H2,1-2H3/t28-,29-,30+/m1/s1. The van der Waals surface area contributed by atoms with Crippen molar-refractivity contribution < 1.29 is 19.1 Å². The summed E-state index contributed by atoms with van der Waals surface area (Å²) in [6, 6.07) is 20.2. The minimum Gasteiger partial charge on any atom is -0.374 e. The van der Waals surface area contributed by atoms with Crippen molar-refractivity contribution in [1.82, 2.24) is 24.5 Å². The highest BCUT2D eigenvalue weighted by molar-refractivity contribution is 5.95. The van der Waals surface area contributed by atoms with Crippen molar-refractivity contribution in [2.24, 2.45) is 22.7 Å². The first-order valence-electron chi connectivity index (χ1n) is 15.8. The van der Waals surface area contributed by atoms with Gasteiger partial charge in [-0.25, -0.2) is 0 Å². The molecule has 4 fully saturated rings. The van der Waals surface area contributed by atoms with Crippen molar-refractivity contribution in [3.8, 4) is 0 Å². The molecule has 0 N–H and O–H groups in total. The first-order valence-corrected chi connectivity index (χ1v) is 15.8. The number of morpholine rings is 1. The number of aromatic nitrogens is 2. The molecular weight excluding hydrogens is 554 g/mol. The van der Waals surface area contributed by atoms with E-state index in [4.69, 9.17) is 4.74 Å². The summed E-state index contributed by atoms with van der Waals surface area (Å²) in [7, 11) is 0. The lowest BCUT2D eigenvalue weighted by Crippen LogP contribution is -2.65. The molecule has 0 bridgehead atoms. The molecule has 0 unspecified atom stereocenters. The van der Waals surface area contributed by atoms with Gasteiger partial charge in [0.2, 0.25) is 11.8 Å². The highest BCUT2D eigenvalue weighted by atomic mass is 16.5. The second-order valence-electron chi connectivity index (χ2n) is 13.9. The third kappa shape index (κ3) is 5.54. The third-order valence-corrected chi connectivity index (χ3v) is 10.2. The largest absolute Gasteiger partial charge is 0.374 e. The molecule has 4 aliphatic rings. The molecule has 9 heteroatoms. The molecule has 1 saturated carbocycles. The van der Waals surface area contributed by atoms with Crippen LogP contribution in [0.15, 0.2) is 73.1 Å². The van der Waals surface area contributed by atoms with E-state index in [2.05, 4.69) is 31.1 Å². The summed E-state index contributed by atoms with van der Waals surface area (Å²) in [6.45, 7) is 8.25. The maximum absolute atomic E-state index is 14.3. The number of hydrogen-bond acceptors (Lipinski definition) is 5. The molecule has 44 heavy (non-hydrogen) atoms. The van der Waals surface area contributed by atoms with Gasteiger partial charge in [0.25, 0.3) is 5.91 Å². The maximum Gasteiger partial charge on any atom is 0.257 e. The Labute approximate surface area is 258 Å². The maximum atomic E-state index is 14.3. The van der Waals surface area contributed by atoms with Crippen LogP contribution in [0.1, 0.15) is 41.8 Å². The molecule has 4 heterocycles. The number of hydrogen-bond donors (Lipinski definition) is 0. The van der Waals surface area contributed by atoms with E-state index in [0.717, 1.165) is 18.4 Å². The number of likely N-dealkylation sites (tertiary alicyclic amines) is 2. The normalized spacial score (nSPS) is 25.1. The van der Waals surface area contributed by atoms with Crippen molar-refractivity contribution in [3.05, 3.63) is 89.7 Å². The average Bonchev–Trinajstić information content (AvgIpc) is 3.32. The zero-order valence-corrected chi connectivity index (χ0v) is 25.6. The van der Waals surface area contributed by atoms with Crippen LogP contribution in [0.3, 0.4) is 0 Å². The molecule has 3 aromatic rings. The summed E-state index contributed by atoms with van der Waals surface area (Å²) in [6.07, 6.45) is 4.99. The number of carbonyl (C=O) groups is 3. The molecule has 3 atom stereocenters. The van der Waals surface area contributed by atoms with Crippen LogP contribution in [0.2, 0.25) is 0 Å². The summed E-state index contributed by atoms with van der Waals surface area (Å²) >= 11 is 0. The fourth-order valence-corrected chi connectivity index (χ4v) is 7.42. The molecule has 1 aliphatic carbocycles. The van der Waals surface area contributed by atoms with Gasteiger partial charge >= 0.3 is 0 Å². The van der Waals surface area contributed by atoms with Gasteiger partial charge in [0.05, 0.1) is 36.9 Å². The van der Waals surface area contributed by atoms with Crippen LogP contribution in [0.25, 0.3) is 0 Å². The first kappa shape index (κ1) is 28.8. The van der Waals surface area contributed by atoms with Crippen molar-refractivity contribution in [3.63, 3.8) is 0 Å². The summed E-state index contributed by atoms with van der Waals surface area (Å²) < 4.78 is 7.84. The van der Waals surface area contributed by atoms with Gasteiger partial charge in [-0.15, -0.1) is 0 Å². The molecule has 7 rings (SSSR count). The quantitative estimate of drug-likeness (QED) is 0.418. The molecule has 230 valence electrons. The number of amides is 3. The lowest BCUT2D eigenvalue weighted by molar-refractivity contribution is -0.158.